The third-order valence-corrected chi connectivity index (χ3v) is 2.24. The van der Waals surface area contributed by atoms with Gasteiger partial charge >= 0.3 is 0 Å². The van der Waals surface area contributed by atoms with E-state index < -0.39 is 6.10 Å². The largest absolute Gasteiger partial charge is 0.388 e. The Morgan fingerprint density at radius 2 is 2.45 bits per heavy atom. The average Bonchev–Trinajstić information content (AvgIpc) is 2.33. The molecular weight excluding hydrogens is 140 g/mol. The lowest BCUT2D eigenvalue weighted by molar-refractivity contribution is -0.122. The Hall–Kier alpha value is -0.630. The summed E-state index contributed by atoms with van der Waals surface area (Å²) in [6.07, 6.45) is 1.78. The van der Waals surface area contributed by atoms with Gasteiger partial charge in [0, 0.05) is 12.3 Å². The summed E-state index contributed by atoms with van der Waals surface area (Å²) in [6, 6.07) is 0. The highest BCUT2D eigenvalue weighted by Crippen LogP contribution is 2.26. The van der Waals surface area contributed by atoms with E-state index in [1.54, 1.807) is 6.92 Å². The maximum Gasteiger partial charge on any atom is 0.138 e. The molecule has 0 saturated heterocycles. The zero-order valence-corrected chi connectivity index (χ0v) is 6.84. The van der Waals surface area contributed by atoms with Crippen molar-refractivity contribution in [3.8, 4) is 0 Å². The molecule has 62 valence electrons. The van der Waals surface area contributed by atoms with Crippen LogP contribution in [0.1, 0.15) is 26.2 Å². The van der Waals surface area contributed by atoms with Crippen LogP contribution in [-0.2, 0) is 4.79 Å². The predicted octanol–water partition coefficient (Wildman–Crippen LogP) is 1.29. The van der Waals surface area contributed by atoms with Crippen LogP contribution in [0.25, 0.3) is 0 Å². The number of Topliss-reactive ketones (excluding diaryl/α,β-unsaturated/α-hetero) is 1. The molecule has 1 aliphatic rings. The van der Waals surface area contributed by atoms with Gasteiger partial charge in [-0.1, -0.05) is 12.2 Å². The fraction of sp³-hybridized carbons (Fsp3) is 0.667. The first-order chi connectivity index (χ1) is 5.13. The Bertz CT molecular complexity index is 184. The first-order valence-corrected chi connectivity index (χ1v) is 3.99. The molecule has 1 rings (SSSR count). The van der Waals surface area contributed by atoms with Crippen LogP contribution in [0.4, 0.5) is 0 Å². The van der Waals surface area contributed by atoms with Gasteiger partial charge in [-0.05, 0) is 19.8 Å². The average molecular weight is 154 g/mol. The van der Waals surface area contributed by atoms with Crippen molar-refractivity contribution >= 4 is 5.78 Å². The molecule has 0 unspecified atom stereocenters. The minimum Gasteiger partial charge on any atom is -0.388 e. The van der Waals surface area contributed by atoms with Crippen LogP contribution in [-0.4, -0.2) is 17.0 Å². The van der Waals surface area contributed by atoms with Crippen LogP contribution in [0.2, 0.25) is 0 Å². The topological polar surface area (TPSA) is 37.3 Å². The zero-order chi connectivity index (χ0) is 8.43. The van der Waals surface area contributed by atoms with Gasteiger partial charge in [-0.2, -0.15) is 0 Å². The summed E-state index contributed by atoms with van der Waals surface area (Å²) < 4.78 is 0. The van der Waals surface area contributed by atoms with Crippen LogP contribution in [0.3, 0.4) is 0 Å². The highest BCUT2D eigenvalue weighted by Gasteiger charge is 2.30. The lowest BCUT2D eigenvalue weighted by Gasteiger charge is -2.15. The standard InChI is InChI=1S/C9H14O2/c1-6(2)9(11)7-4-3-5-8(7)10/h7,9,11H,1,3-5H2,2H3/t7-,9+/m1/s1. The molecule has 2 heteroatoms. The third-order valence-electron chi connectivity index (χ3n) is 2.24. The first-order valence-electron chi connectivity index (χ1n) is 3.99. The molecule has 11 heavy (non-hydrogen) atoms. The van der Waals surface area contributed by atoms with Crippen LogP contribution in [0, 0.1) is 5.92 Å². The second-order valence-corrected chi connectivity index (χ2v) is 3.26. The van der Waals surface area contributed by atoms with Gasteiger partial charge in [-0.3, -0.25) is 4.79 Å². The van der Waals surface area contributed by atoms with Crippen molar-refractivity contribution in [1.82, 2.24) is 0 Å². The highest BCUT2D eigenvalue weighted by atomic mass is 16.3. The van der Waals surface area contributed by atoms with Crippen molar-refractivity contribution in [3.05, 3.63) is 12.2 Å². The van der Waals surface area contributed by atoms with E-state index in [0.29, 0.717) is 12.0 Å². The quantitative estimate of drug-likeness (QED) is 0.608. The Morgan fingerprint density at radius 3 is 2.82 bits per heavy atom. The van der Waals surface area contributed by atoms with Crippen LogP contribution >= 0.6 is 0 Å². The van der Waals surface area contributed by atoms with E-state index in [0.717, 1.165) is 12.8 Å². The maximum absolute atomic E-state index is 11.1. The van der Waals surface area contributed by atoms with E-state index in [1.165, 1.54) is 0 Å². The molecule has 0 aromatic rings. The molecule has 0 spiro atoms. The van der Waals surface area contributed by atoms with Crippen molar-refractivity contribution in [1.29, 1.82) is 0 Å². The van der Waals surface area contributed by atoms with E-state index in [9.17, 15) is 9.90 Å². The number of aliphatic hydroxyl groups excluding tert-OH is 1. The summed E-state index contributed by atoms with van der Waals surface area (Å²) in [7, 11) is 0. The lowest BCUT2D eigenvalue weighted by atomic mass is 9.95. The van der Waals surface area contributed by atoms with Gasteiger partial charge in [0.1, 0.15) is 5.78 Å². The summed E-state index contributed by atoms with van der Waals surface area (Å²) in [5.41, 5.74) is 0.699. The third kappa shape index (κ3) is 1.69. The second kappa shape index (κ2) is 3.18. The Kier molecular flexibility index (Phi) is 2.45. The molecule has 0 aliphatic heterocycles. The lowest BCUT2D eigenvalue weighted by Crippen LogP contribution is -2.24. The van der Waals surface area contributed by atoms with E-state index in [4.69, 9.17) is 0 Å². The molecule has 2 atom stereocenters. The molecule has 0 heterocycles. The normalized spacial score (nSPS) is 27.1. The van der Waals surface area contributed by atoms with Crippen molar-refractivity contribution < 1.29 is 9.90 Å². The number of hydrogen-bond donors (Lipinski definition) is 1. The van der Waals surface area contributed by atoms with E-state index in [-0.39, 0.29) is 11.7 Å². The summed E-state index contributed by atoms with van der Waals surface area (Å²) in [5, 5.41) is 9.48. The molecular formula is C9H14O2. The summed E-state index contributed by atoms with van der Waals surface area (Å²) >= 11 is 0. The summed E-state index contributed by atoms with van der Waals surface area (Å²) in [6.45, 7) is 5.39. The van der Waals surface area contributed by atoms with Crippen LogP contribution in [0.15, 0.2) is 12.2 Å². The summed E-state index contributed by atoms with van der Waals surface area (Å²) in [5.74, 6) is 0.0352. The summed E-state index contributed by atoms with van der Waals surface area (Å²) in [4.78, 5) is 11.1. The van der Waals surface area contributed by atoms with Crippen molar-refractivity contribution in [2.45, 2.75) is 32.3 Å². The molecule has 1 fully saturated rings. The Labute approximate surface area is 66.9 Å². The SMILES string of the molecule is C=C(C)[C@H](O)[C@@H]1CCCC1=O. The smallest absolute Gasteiger partial charge is 0.138 e. The number of carbonyl (C=O) groups is 1. The molecule has 0 radical (unpaired) electrons. The molecule has 1 N–H and O–H groups in total. The molecule has 0 bridgehead atoms. The Morgan fingerprint density at radius 1 is 1.82 bits per heavy atom. The molecule has 0 amide bonds. The number of aliphatic hydroxyl groups is 1. The molecule has 1 aliphatic carbocycles. The van der Waals surface area contributed by atoms with E-state index in [2.05, 4.69) is 6.58 Å². The van der Waals surface area contributed by atoms with Gasteiger partial charge in [0.25, 0.3) is 0 Å². The van der Waals surface area contributed by atoms with E-state index in [1.807, 2.05) is 0 Å². The van der Waals surface area contributed by atoms with Gasteiger partial charge in [-0.15, -0.1) is 0 Å². The van der Waals surface area contributed by atoms with Crippen molar-refractivity contribution in [3.63, 3.8) is 0 Å². The number of ketones is 1. The zero-order valence-electron chi connectivity index (χ0n) is 6.84. The monoisotopic (exact) mass is 154 g/mol. The van der Waals surface area contributed by atoms with E-state index >= 15 is 0 Å². The van der Waals surface area contributed by atoms with Crippen molar-refractivity contribution in [2.24, 2.45) is 5.92 Å². The number of rotatable bonds is 2. The number of carbonyl (C=O) groups excluding carboxylic acids is 1. The second-order valence-electron chi connectivity index (χ2n) is 3.26. The molecule has 2 nitrogen and oxygen atoms in total. The minimum atomic E-state index is -0.606. The van der Waals surface area contributed by atoms with Gasteiger partial charge in [0.05, 0.1) is 6.10 Å². The molecule has 0 aromatic carbocycles. The Balaban J connectivity index is 2.59. The van der Waals surface area contributed by atoms with Gasteiger partial charge in [0.2, 0.25) is 0 Å². The predicted molar refractivity (Wildman–Crippen MR) is 43.2 cm³/mol. The van der Waals surface area contributed by atoms with Crippen LogP contribution < -0.4 is 0 Å². The molecule has 1 saturated carbocycles. The maximum atomic E-state index is 11.1. The van der Waals surface area contributed by atoms with Crippen molar-refractivity contribution in [2.75, 3.05) is 0 Å². The first kappa shape index (κ1) is 8.47. The minimum absolute atomic E-state index is 0.160. The molecule has 0 aromatic heterocycles. The van der Waals surface area contributed by atoms with Gasteiger partial charge in [-0.25, -0.2) is 0 Å². The van der Waals surface area contributed by atoms with Crippen LogP contribution in [0.5, 0.6) is 0 Å². The number of hydrogen-bond acceptors (Lipinski definition) is 2. The fourth-order valence-electron chi connectivity index (χ4n) is 1.52. The van der Waals surface area contributed by atoms with Gasteiger partial charge in [0.15, 0.2) is 0 Å². The fourth-order valence-corrected chi connectivity index (χ4v) is 1.52. The van der Waals surface area contributed by atoms with Gasteiger partial charge < -0.3 is 5.11 Å². The highest BCUT2D eigenvalue weighted by molar-refractivity contribution is 5.83.